The molecule has 0 amide bonds. The highest BCUT2D eigenvalue weighted by molar-refractivity contribution is 7.51. The van der Waals surface area contributed by atoms with Crippen LogP contribution in [0.15, 0.2) is 52.1 Å². The van der Waals surface area contributed by atoms with Crippen molar-refractivity contribution in [2.75, 3.05) is 6.29 Å². The molecule has 0 aliphatic rings. The highest BCUT2D eigenvalue weighted by Gasteiger charge is 2.21. The first-order chi connectivity index (χ1) is 12.7. The molecule has 0 radical (unpaired) electrons. The number of H-pyrrole nitrogens is 2. The lowest BCUT2D eigenvalue weighted by Crippen LogP contribution is -2.30. The molecule has 10 heteroatoms. The second-order valence-corrected chi connectivity index (χ2v) is 7.79. The molecular weight excluding hydrogens is 376 g/mol. The molecule has 0 bridgehead atoms. The number of fused-ring (bicyclic) bond motifs is 1. The number of halogens is 1. The van der Waals surface area contributed by atoms with Crippen LogP contribution in [-0.4, -0.2) is 30.9 Å². The third kappa shape index (κ3) is 4.99. The van der Waals surface area contributed by atoms with Crippen molar-refractivity contribution in [3.63, 3.8) is 0 Å². The minimum absolute atomic E-state index is 0.0454. The average Bonchev–Trinajstić information content (AvgIpc) is 2.56. The van der Waals surface area contributed by atoms with Gasteiger partial charge >= 0.3 is 18.7 Å². The van der Waals surface area contributed by atoms with Crippen LogP contribution in [0.5, 0.6) is 0 Å². The molecule has 0 saturated carbocycles. The van der Waals surface area contributed by atoms with Crippen molar-refractivity contribution in [1.82, 2.24) is 14.9 Å². The summed E-state index contributed by atoms with van der Waals surface area (Å²) in [5.41, 5.74) is -0.373. The SMILES string of the molecule is O=c1[nH]c2cc(F)cc(CN(Cc3ccccc3)CP(=O)(O)O)c2[nH]c1=O. The summed E-state index contributed by atoms with van der Waals surface area (Å²) in [6, 6.07) is 11.2. The van der Waals surface area contributed by atoms with Gasteiger partial charge < -0.3 is 19.8 Å². The fourth-order valence-corrected chi connectivity index (χ4v) is 3.60. The molecule has 1 aromatic heterocycles. The Kier molecular flexibility index (Phi) is 5.38. The summed E-state index contributed by atoms with van der Waals surface area (Å²) >= 11 is 0. The third-order valence-electron chi connectivity index (χ3n) is 3.90. The lowest BCUT2D eigenvalue weighted by molar-refractivity contribution is 0.263. The quantitative estimate of drug-likeness (QED) is 0.371. The van der Waals surface area contributed by atoms with Crippen LogP contribution in [0.1, 0.15) is 11.1 Å². The van der Waals surface area contributed by atoms with Gasteiger partial charge in [-0.25, -0.2) is 4.39 Å². The van der Waals surface area contributed by atoms with Crippen molar-refractivity contribution in [3.05, 3.63) is 80.1 Å². The molecule has 0 saturated heterocycles. The van der Waals surface area contributed by atoms with E-state index in [2.05, 4.69) is 9.97 Å². The Labute approximate surface area is 152 Å². The zero-order valence-electron chi connectivity index (χ0n) is 14.1. The van der Waals surface area contributed by atoms with E-state index in [0.717, 1.165) is 17.7 Å². The summed E-state index contributed by atoms with van der Waals surface area (Å²) < 4.78 is 25.5. The van der Waals surface area contributed by atoms with Crippen LogP contribution >= 0.6 is 7.60 Å². The number of hydrogen-bond acceptors (Lipinski definition) is 4. The van der Waals surface area contributed by atoms with E-state index in [1.54, 1.807) is 24.3 Å². The van der Waals surface area contributed by atoms with Crippen molar-refractivity contribution in [2.45, 2.75) is 13.1 Å². The Morgan fingerprint density at radius 1 is 1.00 bits per heavy atom. The summed E-state index contributed by atoms with van der Waals surface area (Å²) in [7, 11) is -4.38. The maximum absolute atomic E-state index is 14.0. The molecule has 0 aliphatic carbocycles. The Morgan fingerprint density at radius 3 is 2.33 bits per heavy atom. The summed E-state index contributed by atoms with van der Waals surface area (Å²) in [6.45, 7) is 0.161. The Morgan fingerprint density at radius 2 is 1.67 bits per heavy atom. The van der Waals surface area contributed by atoms with Crippen molar-refractivity contribution < 1.29 is 18.7 Å². The number of aromatic nitrogens is 2. The smallest absolute Gasteiger partial charge is 0.324 e. The van der Waals surface area contributed by atoms with E-state index in [0.29, 0.717) is 5.56 Å². The normalized spacial score (nSPS) is 12.0. The molecule has 8 nitrogen and oxygen atoms in total. The molecule has 3 rings (SSSR count). The summed E-state index contributed by atoms with van der Waals surface area (Å²) in [5, 5.41) is 0. The monoisotopic (exact) mass is 393 g/mol. The van der Waals surface area contributed by atoms with Gasteiger partial charge in [-0.15, -0.1) is 0 Å². The van der Waals surface area contributed by atoms with E-state index in [1.807, 2.05) is 6.07 Å². The maximum atomic E-state index is 14.0. The van der Waals surface area contributed by atoms with Gasteiger partial charge in [0.25, 0.3) is 0 Å². The molecule has 3 aromatic rings. The molecule has 0 spiro atoms. The Hall–Kier alpha value is -2.58. The fourth-order valence-electron chi connectivity index (χ4n) is 2.88. The molecule has 2 aromatic carbocycles. The average molecular weight is 393 g/mol. The number of nitrogens with one attached hydrogen (secondary N) is 2. The van der Waals surface area contributed by atoms with Crippen molar-refractivity contribution in [2.24, 2.45) is 0 Å². The van der Waals surface area contributed by atoms with Crippen molar-refractivity contribution in [3.8, 4) is 0 Å². The van der Waals surface area contributed by atoms with Crippen LogP contribution in [0.2, 0.25) is 0 Å². The highest BCUT2D eigenvalue weighted by Crippen LogP contribution is 2.36. The summed E-state index contributed by atoms with van der Waals surface area (Å²) in [4.78, 5) is 48.0. The van der Waals surface area contributed by atoms with Crippen molar-refractivity contribution in [1.29, 1.82) is 0 Å². The first-order valence-corrected chi connectivity index (χ1v) is 9.76. The van der Waals surface area contributed by atoms with E-state index in [4.69, 9.17) is 0 Å². The largest absolute Gasteiger partial charge is 0.339 e. The van der Waals surface area contributed by atoms with Gasteiger partial charge in [-0.3, -0.25) is 19.1 Å². The molecule has 0 unspecified atom stereocenters. The van der Waals surface area contributed by atoms with Crippen LogP contribution in [0.25, 0.3) is 11.0 Å². The lowest BCUT2D eigenvalue weighted by Gasteiger charge is -2.23. The van der Waals surface area contributed by atoms with Gasteiger partial charge in [0.15, 0.2) is 0 Å². The summed E-state index contributed by atoms with van der Waals surface area (Å²) in [5.74, 6) is -0.643. The summed E-state index contributed by atoms with van der Waals surface area (Å²) in [6.07, 6.45) is -0.548. The zero-order valence-corrected chi connectivity index (χ0v) is 14.9. The van der Waals surface area contributed by atoms with Crippen LogP contribution in [-0.2, 0) is 17.7 Å². The number of benzene rings is 2. The minimum Gasteiger partial charge on any atom is -0.324 e. The van der Waals surface area contributed by atoms with Crippen LogP contribution < -0.4 is 11.1 Å². The standard InChI is InChI=1S/C17H17FN3O5P/c18-13-6-12(15-14(7-13)19-16(22)17(23)20-15)9-21(10-27(24,25)26)8-11-4-2-1-3-5-11/h1-7H,8-10H2,(H,19,22)(H,20,23)(H2,24,25,26). The molecule has 0 aliphatic heterocycles. The van der Waals surface area contributed by atoms with Crippen LogP contribution in [0, 0.1) is 5.82 Å². The van der Waals surface area contributed by atoms with E-state index in [9.17, 15) is 28.3 Å². The van der Waals surface area contributed by atoms with E-state index < -0.39 is 30.8 Å². The van der Waals surface area contributed by atoms with Gasteiger partial charge in [0.2, 0.25) is 0 Å². The molecule has 0 fully saturated rings. The second-order valence-electron chi connectivity index (χ2n) is 6.17. The first-order valence-electron chi connectivity index (χ1n) is 7.97. The number of nitrogens with zero attached hydrogens (tertiary/aromatic N) is 1. The molecule has 27 heavy (non-hydrogen) atoms. The fraction of sp³-hybridized carbons (Fsp3) is 0.176. The van der Waals surface area contributed by atoms with Crippen LogP contribution in [0.3, 0.4) is 0 Å². The number of rotatable bonds is 6. The minimum atomic E-state index is -4.38. The van der Waals surface area contributed by atoms with Crippen LogP contribution in [0.4, 0.5) is 4.39 Å². The topological polar surface area (TPSA) is 126 Å². The van der Waals surface area contributed by atoms with Gasteiger partial charge in [-0.1, -0.05) is 30.3 Å². The molecule has 142 valence electrons. The number of aromatic amines is 2. The molecule has 1 heterocycles. The van der Waals surface area contributed by atoms with Gasteiger partial charge in [-0.05, 0) is 23.3 Å². The first kappa shape index (κ1) is 19.2. The van der Waals surface area contributed by atoms with Crippen molar-refractivity contribution >= 4 is 18.6 Å². The van der Waals surface area contributed by atoms with Gasteiger partial charge in [0.05, 0.1) is 11.0 Å². The van der Waals surface area contributed by atoms with Gasteiger partial charge in [0.1, 0.15) is 12.1 Å². The number of hydrogen-bond donors (Lipinski definition) is 4. The molecular formula is C17H17FN3O5P. The van der Waals surface area contributed by atoms with Gasteiger partial charge in [-0.2, -0.15) is 0 Å². The molecule has 4 N–H and O–H groups in total. The Balaban J connectivity index is 2.02. The highest BCUT2D eigenvalue weighted by atomic mass is 31.2. The Bertz CT molecular complexity index is 1120. The zero-order chi connectivity index (χ0) is 19.6. The second kappa shape index (κ2) is 7.58. The molecule has 0 atom stereocenters. The predicted molar refractivity (Wildman–Crippen MR) is 97.7 cm³/mol. The predicted octanol–water partition coefficient (Wildman–Crippen LogP) is 1.49. The van der Waals surface area contributed by atoms with Gasteiger partial charge in [0, 0.05) is 13.1 Å². The lowest BCUT2D eigenvalue weighted by atomic mass is 10.1. The van der Waals surface area contributed by atoms with E-state index in [1.165, 1.54) is 4.90 Å². The third-order valence-corrected chi connectivity index (χ3v) is 4.67. The van der Waals surface area contributed by atoms with E-state index in [-0.39, 0.29) is 24.1 Å². The van der Waals surface area contributed by atoms with E-state index >= 15 is 0 Å². The maximum Gasteiger partial charge on any atom is 0.339 e.